The average molecular weight is 554 g/mol. The molecule has 3 rings (SSSR count). The number of nitrogens with zero attached hydrogens (tertiary/aromatic N) is 3. The maximum absolute atomic E-state index is 12.6. The number of aryl methyl sites for hydroxylation is 1. The molecule has 0 saturated carbocycles. The number of aromatic nitrogens is 3. The Hall–Kier alpha value is -2.37. The predicted octanol–water partition coefficient (Wildman–Crippen LogP) is 5.25. The summed E-state index contributed by atoms with van der Waals surface area (Å²) >= 11 is 6.05. The fraction of sp³-hybridized carbons (Fsp3) is 0.364. The molecule has 1 aromatic carbocycles. The Bertz CT molecular complexity index is 1110. The molecule has 0 spiro atoms. The predicted molar refractivity (Wildman–Crippen MR) is 133 cm³/mol. The third-order valence-corrected chi connectivity index (χ3v) is 7.31. The summed E-state index contributed by atoms with van der Waals surface area (Å²) in [6.07, 6.45) is 0.446. The van der Waals surface area contributed by atoms with Gasteiger partial charge in [0.05, 0.1) is 17.9 Å². The Morgan fingerprint density at radius 1 is 1.24 bits per heavy atom. The number of thioether (sulfide) groups is 1. The van der Waals surface area contributed by atoms with E-state index in [4.69, 9.17) is 9.47 Å². The molecule has 1 atom stereocenters. The molecule has 176 valence electrons. The van der Waals surface area contributed by atoms with E-state index < -0.39 is 5.97 Å². The van der Waals surface area contributed by atoms with Crippen molar-refractivity contribution in [1.29, 1.82) is 0 Å². The first-order valence-electron chi connectivity index (χ1n) is 10.4. The van der Waals surface area contributed by atoms with Gasteiger partial charge in [0, 0.05) is 16.4 Å². The molecule has 1 N–H and O–H groups in total. The van der Waals surface area contributed by atoms with Crippen LogP contribution in [0.5, 0.6) is 5.75 Å². The lowest BCUT2D eigenvalue weighted by atomic mass is 10.2. The minimum absolute atomic E-state index is 0.121. The number of benzene rings is 1. The highest BCUT2D eigenvalue weighted by atomic mass is 79.9. The van der Waals surface area contributed by atoms with Gasteiger partial charge >= 0.3 is 5.97 Å². The van der Waals surface area contributed by atoms with Gasteiger partial charge < -0.3 is 19.4 Å². The van der Waals surface area contributed by atoms with E-state index in [9.17, 15) is 9.59 Å². The molecule has 33 heavy (non-hydrogen) atoms. The van der Waals surface area contributed by atoms with Crippen LogP contribution in [0.1, 0.15) is 47.9 Å². The normalized spacial score (nSPS) is 11.8. The van der Waals surface area contributed by atoms with Gasteiger partial charge in [-0.25, -0.2) is 4.79 Å². The number of hydrogen-bond donors (Lipinski definition) is 1. The van der Waals surface area contributed by atoms with Crippen LogP contribution in [0.4, 0.5) is 5.00 Å². The van der Waals surface area contributed by atoms with Crippen molar-refractivity contribution >= 4 is 55.9 Å². The van der Waals surface area contributed by atoms with E-state index in [1.165, 1.54) is 23.1 Å². The number of thiophene rings is 1. The number of halogens is 1. The Morgan fingerprint density at radius 3 is 2.64 bits per heavy atom. The largest absolute Gasteiger partial charge is 0.483 e. The molecule has 2 aromatic heterocycles. The molecule has 0 aliphatic heterocycles. The lowest BCUT2D eigenvalue weighted by Crippen LogP contribution is -2.16. The van der Waals surface area contributed by atoms with Gasteiger partial charge in [0.15, 0.2) is 17.1 Å². The molecule has 3 aromatic rings. The molecule has 0 radical (unpaired) electrons. The first-order valence-corrected chi connectivity index (χ1v) is 13.0. The van der Waals surface area contributed by atoms with E-state index in [2.05, 4.69) is 31.4 Å². The van der Waals surface area contributed by atoms with E-state index in [1.54, 1.807) is 13.0 Å². The highest BCUT2D eigenvalue weighted by molar-refractivity contribution is 9.10. The zero-order valence-corrected chi connectivity index (χ0v) is 22.0. The molecule has 0 aliphatic rings. The Morgan fingerprint density at radius 2 is 1.97 bits per heavy atom. The molecule has 11 heteroatoms. The molecular weight excluding hydrogens is 528 g/mol. The molecule has 0 bridgehead atoms. The summed E-state index contributed by atoms with van der Waals surface area (Å²) in [5.74, 6) is 0.821. The number of carbonyl (C=O) groups is 2. The maximum atomic E-state index is 12.6. The lowest BCUT2D eigenvalue weighted by Gasteiger charge is -2.14. The van der Waals surface area contributed by atoms with Crippen molar-refractivity contribution in [1.82, 2.24) is 14.8 Å². The smallest absolute Gasteiger partial charge is 0.341 e. The van der Waals surface area contributed by atoms with Gasteiger partial charge in [0.2, 0.25) is 5.91 Å². The summed E-state index contributed by atoms with van der Waals surface area (Å²) in [6.45, 7) is 5.92. The Kier molecular flexibility index (Phi) is 8.93. The molecule has 0 fully saturated rings. The molecule has 8 nitrogen and oxygen atoms in total. The second-order valence-corrected chi connectivity index (χ2v) is 9.98. The van der Waals surface area contributed by atoms with Crippen molar-refractivity contribution in [3.63, 3.8) is 0 Å². The number of rotatable bonds is 10. The third-order valence-electron chi connectivity index (χ3n) is 4.57. The average Bonchev–Trinajstić information content (AvgIpc) is 3.37. The molecule has 1 unspecified atom stereocenters. The summed E-state index contributed by atoms with van der Waals surface area (Å²) in [5, 5.41) is 12.4. The van der Waals surface area contributed by atoms with Crippen LogP contribution in [0.25, 0.3) is 0 Å². The van der Waals surface area contributed by atoms with Gasteiger partial charge in [-0.05, 0) is 50.6 Å². The highest BCUT2D eigenvalue weighted by Gasteiger charge is 2.21. The molecule has 2 heterocycles. The van der Waals surface area contributed by atoms with Crippen LogP contribution < -0.4 is 10.1 Å². The van der Waals surface area contributed by atoms with Crippen LogP contribution in [0.2, 0.25) is 0 Å². The Balaban J connectivity index is 1.61. The molecule has 0 aliphatic carbocycles. The zero-order chi connectivity index (χ0) is 24.0. The molecule has 0 saturated heterocycles. The van der Waals surface area contributed by atoms with Crippen molar-refractivity contribution < 1.29 is 19.1 Å². The van der Waals surface area contributed by atoms with Crippen LogP contribution in [-0.2, 0) is 23.0 Å². The van der Waals surface area contributed by atoms with Crippen molar-refractivity contribution in [3.05, 3.63) is 51.1 Å². The summed E-state index contributed by atoms with van der Waals surface area (Å²) in [6, 6.07) is 9.32. The van der Waals surface area contributed by atoms with E-state index in [-0.39, 0.29) is 24.4 Å². The van der Waals surface area contributed by atoms with Gasteiger partial charge in [-0.15, -0.1) is 21.5 Å². The standard InChI is InChI=1S/C22H25BrN4O4S2/c1-5-16-11-17(21(29)30-6-2)20(33-16)24-18(28)12-32-22-26-25-19(27(22)4)13(3)31-15-9-7-14(23)8-10-15/h7-11,13H,5-6,12H2,1-4H3,(H,24,28). The van der Waals surface area contributed by atoms with Crippen LogP contribution in [0.15, 0.2) is 40.0 Å². The highest BCUT2D eigenvalue weighted by Crippen LogP contribution is 2.30. The van der Waals surface area contributed by atoms with Crippen molar-refractivity contribution in [2.75, 3.05) is 17.7 Å². The fourth-order valence-corrected chi connectivity index (χ4v) is 4.92. The SMILES string of the molecule is CCOC(=O)c1cc(CC)sc1NC(=O)CSc1nnc(C(C)Oc2ccc(Br)cc2)n1C. The van der Waals surface area contributed by atoms with E-state index in [0.29, 0.717) is 21.5 Å². The number of carbonyl (C=O) groups excluding carboxylic acids is 2. The second-order valence-electron chi connectivity index (χ2n) is 6.98. The van der Waals surface area contributed by atoms with E-state index in [1.807, 2.05) is 49.7 Å². The van der Waals surface area contributed by atoms with Crippen LogP contribution >= 0.6 is 39.0 Å². The number of ether oxygens (including phenoxy) is 2. The fourth-order valence-electron chi connectivity index (χ4n) is 2.94. The van der Waals surface area contributed by atoms with Crippen molar-refractivity contribution in [3.8, 4) is 5.75 Å². The first-order chi connectivity index (χ1) is 15.8. The topological polar surface area (TPSA) is 95.3 Å². The maximum Gasteiger partial charge on any atom is 0.341 e. The first kappa shape index (κ1) is 25.3. The zero-order valence-electron chi connectivity index (χ0n) is 18.8. The van der Waals surface area contributed by atoms with Gasteiger partial charge in [-0.1, -0.05) is 34.6 Å². The Labute approximate surface area is 209 Å². The number of esters is 1. The summed E-state index contributed by atoms with van der Waals surface area (Å²) < 4.78 is 13.8. The summed E-state index contributed by atoms with van der Waals surface area (Å²) in [4.78, 5) is 25.8. The van der Waals surface area contributed by atoms with Gasteiger partial charge in [-0.3, -0.25) is 4.79 Å². The van der Waals surface area contributed by atoms with Gasteiger partial charge in [0.1, 0.15) is 10.8 Å². The number of amides is 1. The minimum atomic E-state index is -0.436. The number of hydrogen-bond acceptors (Lipinski definition) is 8. The molecule has 1 amide bonds. The van der Waals surface area contributed by atoms with Crippen LogP contribution in [0.3, 0.4) is 0 Å². The van der Waals surface area contributed by atoms with Crippen molar-refractivity contribution in [2.45, 2.75) is 38.5 Å². The van der Waals surface area contributed by atoms with Crippen LogP contribution in [-0.4, -0.2) is 39.0 Å². The number of anilines is 1. The summed E-state index contributed by atoms with van der Waals surface area (Å²) in [5.41, 5.74) is 0.386. The minimum Gasteiger partial charge on any atom is -0.483 e. The number of nitrogens with one attached hydrogen (secondary N) is 1. The van der Waals surface area contributed by atoms with Crippen LogP contribution in [0, 0.1) is 0 Å². The second kappa shape index (κ2) is 11.7. The van der Waals surface area contributed by atoms with E-state index >= 15 is 0 Å². The third kappa shape index (κ3) is 6.58. The van der Waals surface area contributed by atoms with Gasteiger partial charge in [-0.2, -0.15) is 0 Å². The lowest BCUT2D eigenvalue weighted by molar-refractivity contribution is -0.113. The monoisotopic (exact) mass is 552 g/mol. The van der Waals surface area contributed by atoms with Gasteiger partial charge in [0.25, 0.3) is 0 Å². The van der Waals surface area contributed by atoms with E-state index in [0.717, 1.165) is 21.5 Å². The summed E-state index contributed by atoms with van der Waals surface area (Å²) in [7, 11) is 1.84. The molecular formula is C22H25BrN4O4S2. The van der Waals surface area contributed by atoms with Crippen molar-refractivity contribution in [2.24, 2.45) is 7.05 Å². The quantitative estimate of drug-likeness (QED) is 0.271.